The van der Waals surface area contributed by atoms with Gasteiger partial charge in [-0.3, -0.25) is 0 Å². The van der Waals surface area contributed by atoms with Crippen LogP contribution in [0.3, 0.4) is 0 Å². The Labute approximate surface area is 102 Å². The van der Waals surface area contributed by atoms with Gasteiger partial charge in [0.15, 0.2) is 0 Å². The number of nitriles is 1. The molecule has 1 aromatic carbocycles. The van der Waals surface area contributed by atoms with E-state index in [1.165, 1.54) is 31.1 Å². The average molecular weight is 257 g/mol. The molecule has 96 valence electrons. The third kappa shape index (κ3) is 3.13. The molecule has 0 atom stereocenters. The lowest BCUT2D eigenvalue weighted by Gasteiger charge is -2.14. The van der Waals surface area contributed by atoms with Crippen LogP contribution in [0, 0.1) is 11.3 Å². The molecule has 2 amide bonds. The van der Waals surface area contributed by atoms with Crippen molar-refractivity contribution in [2.24, 2.45) is 0 Å². The molecule has 1 N–H and O–H groups in total. The normalized spacial score (nSPS) is 10.7. The van der Waals surface area contributed by atoms with Gasteiger partial charge in [-0.25, -0.2) is 4.79 Å². The zero-order chi connectivity index (χ0) is 13.9. The zero-order valence-electron chi connectivity index (χ0n) is 9.67. The number of rotatable bonds is 1. The average Bonchev–Trinajstić information content (AvgIpc) is 2.27. The molecule has 0 heterocycles. The molecule has 0 fully saturated rings. The molecule has 18 heavy (non-hydrogen) atoms. The molecule has 0 saturated heterocycles. The summed E-state index contributed by atoms with van der Waals surface area (Å²) in [5, 5.41) is 10.9. The Morgan fingerprint density at radius 1 is 1.39 bits per heavy atom. The van der Waals surface area contributed by atoms with Crippen LogP contribution in [0.4, 0.5) is 23.7 Å². The summed E-state index contributed by atoms with van der Waals surface area (Å²) in [6.07, 6.45) is -4.64. The summed E-state index contributed by atoms with van der Waals surface area (Å²) in [7, 11) is 2.92. The van der Waals surface area contributed by atoms with E-state index in [9.17, 15) is 18.0 Å². The van der Waals surface area contributed by atoms with Crippen LogP contribution in [-0.2, 0) is 6.18 Å². The number of nitrogens with zero attached hydrogens (tertiary/aromatic N) is 2. The van der Waals surface area contributed by atoms with Gasteiger partial charge >= 0.3 is 12.2 Å². The van der Waals surface area contributed by atoms with Crippen LogP contribution < -0.4 is 5.32 Å². The van der Waals surface area contributed by atoms with Crippen LogP contribution in [0.1, 0.15) is 11.1 Å². The molecule has 0 spiro atoms. The van der Waals surface area contributed by atoms with Gasteiger partial charge < -0.3 is 10.2 Å². The van der Waals surface area contributed by atoms with Gasteiger partial charge in [-0.1, -0.05) is 0 Å². The van der Waals surface area contributed by atoms with Gasteiger partial charge in [-0.2, -0.15) is 18.4 Å². The van der Waals surface area contributed by atoms with Crippen molar-refractivity contribution in [3.05, 3.63) is 29.3 Å². The van der Waals surface area contributed by atoms with Gasteiger partial charge in [0, 0.05) is 19.8 Å². The number of halogens is 3. The molecule has 0 aliphatic heterocycles. The number of alkyl halides is 3. The summed E-state index contributed by atoms with van der Waals surface area (Å²) in [4.78, 5) is 12.5. The standard InChI is InChI=1S/C11H10F3N3O/c1-17(2)10(18)16-8-4-3-7(6-15)9(5-8)11(12,13)14/h3-5H,1-2H3,(H,16,18). The summed E-state index contributed by atoms with van der Waals surface area (Å²) in [6.45, 7) is 0. The summed E-state index contributed by atoms with van der Waals surface area (Å²) in [5.41, 5.74) is -1.56. The fraction of sp³-hybridized carbons (Fsp3) is 0.273. The smallest absolute Gasteiger partial charge is 0.331 e. The highest BCUT2D eigenvalue weighted by Gasteiger charge is 2.33. The fourth-order valence-electron chi connectivity index (χ4n) is 1.19. The first kappa shape index (κ1) is 13.8. The van der Waals surface area contributed by atoms with Gasteiger partial charge in [0.1, 0.15) is 0 Å². The highest BCUT2D eigenvalue weighted by atomic mass is 19.4. The van der Waals surface area contributed by atoms with Crippen molar-refractivity contribution in [2.45, 2.75) is 6.18 Å². The second kappa shape index (κ2) is 4.96. The molecule has 0 aliphatic rings. The Kier molecular flexibility index (Phi) is 3.81. The maximum atomic E-state index is 12.6. The van der Waals surface area contributed by atoms with Gasteiger partial charge in [-0.15, -0.1) is 0 Å². The lowest BCUT2D eigenvalue weighted by atomic mass is 10.1. The van der Waals surface area contributed by atoms with Crippen LogP contribution in [0.25, 0.3) is 0 Å². The molecule has 0 aromatic heterocycles. The maximum absolute atomic E-state index is 12.6. The molecule has 0 bridgehead atoms. The van der Waals surface area contributed by atoms with E-state index in [1.54, 1.807) is 0 Å². The third-order valence-electron chi connectivity index (χ3n) is 2.10. The number of anilines is 1. The largest absolute Gasteiger partial charge is 0.417 e. The van der Waals surface area contributed by atoms with Gasteiger partial charge in [0.25, 0.3) is 0 Å². The van der Waals surface area contributed by atoms with E-state index in [1.807, 2.05) is 0 Å². The Bertz CT molecular complexity index is 503. The van der Waals surface area contributed by atoms with E-state index in [-0.39, 0.29) is 5.69 Å². The van der Waals surface area contributed by atoms with Crippen molar-refractivity contribution >= 4 is 11.7 Å². The van der Waals surface area contributed by atoms with E-state index in [2.05, 4.69) is 5.32 Å². The predicted molar refractivity (Wildman–Crippen MR) is 58.9 cm³/mol. The second-order valence-electron chi connectivity index (χ2n) is 3.69. The number of carbonyl (C=O) groups is 1. The summed E-state index contributed by atoms with van der Waals surface area (Å²) < 4.78 is 37.9. The van der Waals surface area contributed by atoms with Crippen molar-refractivity contribution in [1.82, 2.24) is 4.90 Å². The van der Waals surface area contributed by atoms with Crippen molar-refractivity contribution in [2.75, 3.05) is 19.4 Å². The van der Waals surface area contributed by atoms with E-state index >= 15 is 0 Å². The molecule has 1 rings (SSSR count). The topological polar surface area (TPSA) is 56.1 Å². The molecular weight excluding hydrogens is 247 g/mol. The van der Waals surface area contributed by atoms with Crippen LogP contribution in [-0.4, -0.2) is 25.0 Å². The third-order valence-corrected chi connectivity index (χ3v) is 2.10. The number of benzene rings is 1. The molecule has 4 nitrogen and oxygen atoms in total. The monoisotopic (exact) mass is 257 g/mol. The minimum Gasteiger partial charge on any atom is -0.331 e. The Morgan fingerprint density at radius 3 is 2.44 bits per heavy atom. The molecule has 0 aliphatic carbocycles. The van der Waals surface area contributed by atoms with Crippen LogP contribution in [0.15, 0.2) is 18.2 Å². The van der Waals surface area contributed by atoms with Crippen molar-refractivity contribution < 1.29 is 18.0 Å². The first-order chi connectivity index (χ1) is 8.25. The number of hydrogen-bond acceptors (Lipinski definition) is 2. The maximum Gasteiger partial charge on any atom is 0.417 e. The molecular formula is C11H10F3N3O. The molecule has 0 unspecified atom stereocenters. The SMILES string of the molecule is CN(C)C(=O)Nc1ccc(C#N)c(C(F)(F)F)c1. The highest BCUT2D eigenvalue weighted by Crippen LogP contribution is 2.33. The number of carbonyl (C=O) groups excluding carboxylic acids is 1. The van der Waals surface area contributed by atoms with Crippen molar-refractivity contribution in [3.8, 4) is 6.07 Å². The Morgan fingerprint density at radius 2 is 2.00 bits per heavy atom. The number of amides is 2. The first-order valence-electron chi connectivity index (χ1n) is 4.85. The number of nitrogens with one attached hydrogen (secondary N) is 1. The minimum absolute atomic E-state index is 0.0139. The molecule has 7 heteroatoms. The van der Waals surface area contributed by atoms with E-state index in [0.29, 0.717) is 0 Å². The van der Waals surface area contributed by atoms with Crippen molar-refractivity contribution in [1.29, 1.82) is 5.26 Å². The minimum atomic E-state index is -4.64. The summed E-state index contributed by atoms with van der Waals surface area (Å²) in [6, 6.07) is 3.92. The fourth-order valence-corrected chi connectivity index (χ4v) is 1.19. The second-order valence-corrected chi connectivity index (χ2v) is 3.69. The molecule has 1 aromatic rings. The van der Waals surface area contributed by atoms with Crippen LogP contribution in [0.5, 0.6) is 0 Å². The van der Waals surface area contributed by atoms with E-state index < -0.39 is 23.3 Å². The number of hydrogen-bond donors (Lipinski definition) is 1. The lowest BCUT2D eigenvalue weighted by molar-refractivity contribution is -0.137. The van der Waals surface area contributed by atoms with Gasteiger partial charge in [0.2, 0.25) is 0 Å². The predicted octanol–water partition coefficient (Wildman–Crippen LogP) is 2.67. The molecule has 0 saturated carbocycles. The highest BCUT2D eigenvalue weighted by molar-refractivity contribution is 5.89. The summed E-state index contributed by atoms with van der Waals surface area (Å²) >= 11 is 0. The quantitative estimate of drug-likeness (QED) is 0.840. The zero-order valence-corrected chi connectivity index (χ0v) is 9.67. The van der Waals surface area contributed by atoms with E-state index in [0.717, 1.165) is 12.1 Å². The van der Waals surface area contributed by atoms with Gasteiger partial charge in [-0.05, 0) is 18.2 Å². The first-order valence-corrected chi connectivity index (χ1v) is 4.85. The van der Waals surface area contributed by atoms with E-state index in [4.69, 9.17) is 5.26 Å². The lowest BCUT2D eigenvalue weighted by Crippen LogP contribution is -2.27. The molecule has 0 radical (unpaired) electrons. The number of urea groups is 1. The van der Waals surface area contributed by atoms with Gasteiger partial charge in [0.05, 0.1) is 17.2 Å². The van der Waals surface area contributed by atoms with Crippen molar-refractivity contribution in [3.63, 3.8) is 0 Å². The van der Waals surface area contributed by atoms with Crippen LogP contribution >= 0.6 is 0 Å². The Balaban J connectivity index is 3.13. The Hall–Kier alpha value is -2.23. The van der Waals surface area contributed by atoms with Crippen LogP contribution in [0.2, 0.25) is 0 Å². The summed E-state index contributed by atoms with van der Waals surface area (Å²) in [5.74, 6) is 0.